The molecule has 0 atom stereocenters. The molecule has 0 bridgehead atoms. The number of nitrogens with two attached hydrogens (primary N) is 1. The molecule has 80 valence electrons. The normalized spacial score (nSPS) is 12.1. The summed E-state index contributed by atoms with van der Waals surface area (Å²) in [7, 11) is 0. The van der Waals surface area contributed by atoms with E-state index < -0.39 is 0 Å². The summed E-state index contributed by atoms with van der Waals surface area (Å²) in [6.45, 7) is 11.5. The molecule has 0 spiro atoms. The van der Waals surface area contributed by atoms with Crippen LogP contribution < -0.4 is 5.73 Å². The minimum Gasteiger partial charge on any atom is -0.384 e. The molecule has 14 heavy (non-hydrogen) atoms. The standard InChI is InChI=1S/C11H21N3/c1-6-7-14-8(2)13-9(10(14)12)11(3,4)5/h6-7,12H2,1-5H3. The molecule has 0 saturated heterocycles. The first-order valence-electron chi connectivity index (χ1n) is 5.21. The second-order valence-corrected chi connectivity index (χ2v) is 4.79. The van der Waals surface area contributed by atoms with Gasteiger partial charge in [-0.25, -0.2) is 4.98 Å². The van der Waals surface area contributed by atoms with E-state index in [2.05, 4.69) is 37.2 Å². The maximum atomic E-state index is 6.08. The summed E-state index contributed by atoms with van der Waals surface area (Å²) in [5, 5.41) is 0. The van der Waals surface area contributed by atoms with Crippen molar-refractivity contribution in [3.8, 4) is 0 Å². The molecule has 0 aliphatic rings. The van der Waals surface area contributed by atoms with Gasteiger partial charge in [-0.2, -0.15) is 0 Å². The van der Waals surface area contributed by atoms with Crippen molar-refractivity contribution in [3.05, 3.63) is 11.5 Å². The fourth-order valence-electron chi connectivity index (χ4n) is 1.64. The smallest absolute Gasteiger partial charge is 0.127 e. The van der Waals surface area contributed by atoms with Gasteiger partial charge in [0.2, 0.25) is 0 Å². The summed E-state index contributed by atoms with van der Waals surface area (Å²) >= 11 is 0. The van der Waals surface area contributed by atoms with Gasteiger partial charge in [0.15, 0.2) is 0 Å². The molecular formula is C11H21N3. The van der Waals surface area contributed by atoms with E-state index in [0.717, 1.165) is 30.3 Å². The predicted octanol–water partition coefficient (Wildman–Crippen LogP) is 2.48. The van der Waals surface area contributed by atoms with Crippen molar-refractivity contribution in [1.29, 1.82) is 0 Å². The molecule has 1 heterocycles. The molecule has 0 amide bonds. The molecule has 3 nitrogen and oxygen atoms in total. The van der Waals surface area contributed by atoms with E-state index in [1.54, 1.807) is 0 Å². The number of nitrogens with zero attached hydrogens (tertiary/aromatic N) is 2. The van der Waals surface area contributed by atoms with Crippen LogP contribution in [-0.4, -0.2) is 9.55 Å². The highest BCUT2D eigenvalue weighted by Crippen LogP contribution is 2.27. The molecule has 1 rings (SSSR count). The second-order valence-electron chi connectivity index (χ2n) is 4.79. The van der Waals surface area contributed by atoms with Crippen molar-refractivity contribution in [2.75, 3.05) is 5.73 Å². The summed E-state index contributed by atoms with van der Waals surface area (Å²) in [4.78, 5) is 4.54. The SMILES string of the molecule is CCCn1c(C)nc(C(C)(C)C)c1N. The van der Waals surface area contributed by atoms with Gasteiger partial charge in [-0.15, -0.1) is 0 Å². The first-order chi connectivity index (χ1) is 6.38. The number of aryl methyl sites for hydroxylation is 1. The lowest BCUT2D eigenvalue weighted by Crippen LogP contribution is -2.15. The first kappa shape index (κ1) is 11.1. The summed E-state index contributed by atoms with van der Waals surface area (Å²) in [5.74, 6) is 1.85. The summed E-state index contributed by atoms with van der Waals surface area (Å²) in [6.07, 6.45) is 1.09. The maximum Gasteiger partial charge on any atom is 0.127 e. The Balaban J connectivity index is 3.17. The average molecular weight is 195 g/mol. The van der Waals surface area contributed by atoms with Crippen LogP contribution in [0.2, 0.25) is 0 Å². The minimum absolute atomic E-state index is 0.0356. The Morgan fingerprint density at radius 3 is 2.29 bits per heavy atom. The van der Waals surface area contributed by atoms with Crippen molar-refractivity contribution in [3.63, 3.8) is 0 Å². The van der Waals surface area contributed by atoms with Crippen LogP contribution in [0, 0.1) is 6.92 Å². The lowest BCUT2D eigenvalue weighted by molar-refractivity contribution is 0.573. The first-order valence-corrected chi connectivity index (χ1v) is 5.21. The topological polar surface area (TPSA) is 43.8 Å². The Labute approximate surface area is 86.3 Å². The number of hydrogen-bond donors (Lipinski definition) is 1. The van der Waals surface area contributed by atoms with E-state index in [0.29, 0.717) is 0 Å². The van der Waals surface area contributed by atoms with Crippen LogP contribution in [0.4, 0.5) is 5.82 Å². The molecule has 0 fully saturated rings. The molecule has 0 aromatic carbocycles. The van der Waals surface area contributed by atoms with Gasteiger partial charge < -0.3 is 10.3 Å². The fraction of sp³-hybridized carbons (Fsp3) is 0.727. The molecule has 0 saturated carbocycles. The van der Waals surface area contributed by atoms with Crippen LogP contribution >= 0.6 is 0 Å². The zero-order chi connectivity index (χ0) is 10.9. The van der Waals surface area contributed by atoms with Gasteiger partial charge >= 0.3 is 0 Å². The van der Waals surface area contributed by atoms with E-state index in [1.807, 2.05) is 6.92 Å². The van der Waals surface area contributed by atoms with Crippen LogP contribution in [0.5, 0.6) is 0 Å². The Hall–Kier alpha value is -0.990. The Morgan fingerprint density at radius 1 is 1.36 bits per heavy atom. The van der Waals surface area contributed by atoms with Gasteiger partial charge in [-0.1, -0.05) is 27.7 Å². The van der Waals surface area contributed by atoms with Crippen molar-refractivity contribution < 1.29 is 0 Å². The van der Waals surface area contributed by atoms with Crippen LogP contribution in [0.1, 0.15) is 45.6 Å². The summed E-state index contributed by atoms with van der Waals surface area (Å²) in [5.41, 5.74) is 7.13. The molecule has 1 aromatic heterocycles. The molecular weight excluding hydrogens is 174 g/mol. The van der Waals surface area contributed by atoms with Crippen molar-refractivity contribution in [2.24, 2.45) is 0 Å². The highest BCUT2D eigenvalue weighted by Gasteiger charge is 2.22. The largest absolute Gasteiger partial charge is 0.384 e. The Morgan fingerprint density at radius 2 is 1.93 bits per heavy atom. The van der Waals surface area contributed by atoms with Gasteiger partial charge in [-0.3, -0.25) is 0 Å². The van der Waals surface area contributed by atoms with E-state index >= 15 is 0 Å². The van der Waals surface area contributed by atoms with Crippen LogP contribution in [-0.2, 0) is 12.0 Å². The third-order valence-electron chi connectivity index (χ3n) is 2.36. The van der Waals surface area contributed by atoms with Crippen LogP contribution in [0.25, 0.3) is 0 Å². The molecule has 0 aliphatic carbocycles. The zero-order valence-electron chi connectivity index (χ0n) is 9.89. The van der Waals surface area contributed by atoms with Gasteiger partial charge in [-0.05, 0) is 13.3 Å². The fourth-order valence-corrected chi connectivity index (χ4v) is 1.64. The number of nitrogen functional groups attached to an aromatic ring is 1. The van der Waals surface area contributed by atoms with Gasteiger partial charge in [0.25, 0.3) is 0 Å². The van der Waals surface area contributed by atoms with Crippen molar-refractivity contribution >= 4 is 5.82 Å². The molecule has 0 aliphatic heterocycles. The number of rotatable bonds is 2. The number of aromatic nitrogens is 2. The van der Waals surface area contributed by atoms with E-state index in [-0.39, 0.29) is 5.41 Å². The second kappa shape index (κ2) is 3.64. The zero-order valence-corrected chi connectivity index (χ0v) is 9.89. The van der Waals surface area contributed by atoms with E-state index in [1.165, 1.54) is 0 Å². The van der Waals surface area contributed by atoms with E-state index in [4.69, 9.17) is 5.73 Å². The number of anilines is 1. The molecule has 0 unspecified atom stereocenters. The molecule has 0 radical (unpaired) electrons. The van der Waals surface area contributed by atoms with Crippen LogP contribution in [0.15, 0.2) is 0 Å². The van der Waals surface area contributed by atoms with Gasteiger partial charge in [0, 0.05) is 12.0 Å². The van der Waals surface area contributed by atoms with Crippen molar-refractivity contribution in [2.45, 2.75) is 53.0 Å². The molecule has 1 aromatic rings. The van der Waals surface area contributed by atoms with Gasteiger partial charge in [0.1, 0.15) is 11.6 Å². The third-order valence-corrected chi connectivity index (χ3v) is 2.36. The average Bonchev–Trinajstić information content (AvgIpc) is 2.31. The maximum absolute atomic E-state index is 6.08. The quantitative estimate of drug-likeness (QED) is 0.788. The van der Waals surface area contributed by atoms with E-state index in [9.17, 15) is 0 Å². The number of imidazole rings is 1. The number of hydrogen-bond acceptors (Lipinski definition) is 2. The predicted molar refractivity (Wildman–Crippen MR) is 60.4 cm³/mol. The Bertz CT molecular complexity index is 318. The third kappa shape index (κ3) is 1.91. The summed E-state index contributed by atoms with van der Waals surface area (Å²) in [6, 6.07) is 0. The van der Waals surface area contributed by atoms with Gasteiger partial charge in [0.05, 0.1) is 5.69 Å². The lowest BCUT2D eigenvalue weighted by atomic mass is 9.92. The van der Waals surface area contributed by atoms with Crippen LogP contribution in [0.3, 0.4) is 0 Å². The summed E-state index contributed by atoms with van der Waals surface area (Å²) < 4.78 is 2.10. The Kier molecular flexibility index (Phi) is 2.88. The van der Waals surface area contributed by atoms with Crippen molar-refractivity contribution in [1.82, 2.24) is 9.55 Å². The molecule has 3 heteroatoms. The minimum atomic E-state index is 0.0356. The lowest BCUT2D eigenvalue weighted by Gasteiger charge is -2.16. The highest BCUT2D eigenvalue weighted by molar-refractivity contribution is 5.42. The molecule has 2 N–H and O–H groups in total. The monoisotopic (exact) mass is 195 g/mol. The highest BCUT2D eigenvalue weighted by atomic mass is 15.1.